The average Bonchev–Trinajstić information content (AvgIpc) is 2.97. The van der Waals surface area contributed by atoms with E-state index in [4.69, 9.17) is 18.3 Å². The molecule has 0 fully saturated rings. The normalized spacial score (nSPS) is 10.7. The molecule has 4 aromatic carbocycles. The summed E-state index contributed by atoms with van der Waals surface area (Å²) in [5.74, 6) is 1.07. The summed E-state index contributed by atoms with van der Waals surface area (Å²) in [6.45, 7) is 0. The minimum Gasteiger partial charge on any atom is -0.508 e. The molecule has 0 unspecified atom stereocenters. The monoisotopic (exact) mass is 536 g/mol. The van der Waals surface area contributed by atoms with Crippen molar-refractivity contribution in [3.8, 4) is 45.6 Å². The minimum absolute atomic E-state index is 0.0671. The van der Waals surface area contributed by atoms with Crippen molar-refractivity contribution in [3.05, 3.63) is 118 Å². The molecule has 0 spiro atoms. The van der Waals surface area contributed by atoms with Crippen molar-refractivity contribution >= 4 is 21.9 Å². The van der Waals surface area contributed by atoms with Gasteiger partial charge in [-0.1, -0.05) is 66.7 Å². The average molecular weight is 537 g/mol. The summed E-state index contributed by atoms with van der Waals surface area (Å²) in [6, 6.07) is 27.5. The largest absolute Gasteiger partial charge is 0.508 e. The summed E-state index contributed by atoms with van der Waals surface area (Å²) in [5.41, 5.74) is 1.55. The van der Waals surface area contributed by atoms with Gasteiger partial charge in [0.25, 0.3) is 0 Å². The predicted molar refractivity (Wildman–Crippen MR) is 152 cm³/mol. The Kier molecular flexibility index (Phi) is 7.24. The molecule has 0 aliphatic heterocycles. The lowest BCUT2D eigenvalue weighted by Gasteiger charge is -2.10. The minimum atomic E-state index is -0.349. The first kappa shape index (κ1) is 26.1. The molecule has 200 valence electrons. The molecular weight excluding hydrogens is 512 g/mol. The molecule has 0 saturated heterocycles. The number of hydrogen-bond donors (Lipinski definition) is 2. The first-order valence-electron chi connectivity index (χ1n) is 12.2. The number of hydrogen-bond acceptors (Lipinski definition) is 8. The number of ether oxygens (including phenoxy) is 2. The summed E-state index contributed by atoms with van der Waals surface area (Å²) < 4.78 is 22.0. The lowest BCUT2D eigenvalue weighted by Crippen LogP contribution is -2.08. The topological polar surface area (TPSA) is 119 Å². The smallest absolute Gasteiger partial charge is 0.235 e. The fraction of sp³-hybridized carbons (Fsp3) is 0.0625. The molecule has 0 amide bonds. The fourth-order valence-electron chi connectivity index (χ4n) is 4.30. The molecule has 0 bridgehead atoms. The van der Waals surface area contributed by atoms with Crippen LogP contribution in [0.4, 0.5) is 0 Å². The number of methoxy groups -OCH3 is 2. The van der Waals surface area contributed by atoms with Crippen LogP contribution in [0.15, 0.2) is 115 Å². The van der Waals surface area contributed by atoms with E-state index in [0.29, 0.717) is 28.2 Å². The van der Waals surface area contributed by atoms with Crippen LogP contribution in [-0.2, 0) is 0 Å². The number of rotatable bonds is 4. The summed E-state index contributed by atoms with van der Waals surface area (Å²) in [4.78, 5) is 24.6. The molecule has 0 aliphatic rings. The maximum absolute atomic E-state index is 12.6. The Morgan fingerprint density at radius 2 is 1.38 bits per heavy atom. The van der Waals surface area contributed by atoms with E-state index in [1.165, 1.54) is 19.2 Å². The van der Waals surface area contributed by atoms with Crippen LogP contribution in [-0.4, -0.2) is 24.4 Å². The van der Waals surface area contributed by atoms with Crippen LogP contribution in [0, 0.1) is 0 Å². The van der Waals surface area contributed by atoms with Gasteiger partial charge in [-0.05, 0) is 12.1 Å². The lowest BCUT2D eigenvalue weighted by atomic mass is 10.1. The first-order valence-corrected chi connectivity index (χ1v) is 12.2. The molecule has 2 aromatic heterocycles. The highest BCUT2D eigenvalue weighted by molar-refractivity contribution is 5.87. The summed E-state index contributed by atoms with van der Waals surface area (Å²) in [6.07, 6.45) is 0. The molecule has 2 heterocycles. The van der Waals surface area contributed by atoms with Gasteiger partial charge in [0, 0.05) is 29.3 Å². The van der Waals surface area contributed by atoms with Crippen LogP contribution >= 0.6 is 0 Å². The highest BCUT2D eigenvalue weighted by atomic mass is 16.5. The van der Waals surface area contributed by atoms with Gasteiger partial charge in [-0.2, -0.15) is 0 Å². The van der Waals surface area contributed by atoms with E-state index in [-0.39, 0.29) is 39.1 Å². The Morgan fingerprint density at radius 3 is 2.02 bits per heavy atom. The number of aromatic hydroxyl groups is 2. The van der Waals surface area contributed by atoms with Crippen LogP contribution in [0.2, 0.25) is 0 Å². The molecule has 0 aliphatic carbocycles. The van der Waals surface area contributed by atoms with E-state index in [0.717, 1.165) is 17.2 Å². The molecule has 2 N–H and O–H groups in total. The molecule has 6 rings (SSSR count). The van der Waals surface area contributed by atoms with Gasteiger partial charge in [-0.15, -0.1) is 0 Å². The Bertz CT molecular complexity index is 1920. The standard InChI is InChI=1S/C17H14O4.C15H10O4/c1-19-13-10-6-9-12-14(18)17(20-2)15(21-16(12)13)11-7-4-3-5-8-11;16-10-6-11(17)15-12(18)8-13(19-14(15)7-10)9-4-2-1-3-5-9/h3-10H,1-2H3;1-8,16-17H. The van der Waals surface area contributed by atoms with E-state index in [1.807, 2.05) is 60.7 Å². The Labute approximate surface area is 227 Å². The van der Waals surface area contributed by atoms with Crippen molar-refractivity contribution in [1.82, 2.24) is 0 Å². The maximum atomic E-state index is 12.6. The van der Waals surface area contributed by atoms with Crippen molar-refractivity contribution in [2.45, 2.75) is 0 Å². The third-order valence-corrected chi connectivity index (χ3v) is 6.15. The Morgan fingerprint density at radius 1 is 0.700 bits per heavy atom. The van der Waals surface area contributed by atoms with Gasteiger partial charge in [0.2, 0.25) is 11.2 Å². The van der Waals surface area contributed by atoms with Crippen molar-refractivity contribution in [3.63, 3.8) is 0 Å². The van der Waals surface area contributed by atoms with Gasteiger partial charge in [0.15, 0.2) is 22.5 Å². The number of para-hydroxylation sites is 1. The van der Waals surface area contributed by atoms with Crippen LogP contribution in [0.25, 0.3) is 44.6 Å². The zero-order valence-corrected chi connectivity index (χ0v) is 21.6. The highest BCUT2D eigenvalue weighted by Gasteiger charge is 2.18. The molecule has 0 radical (unpaired) electrons. The highest BCUT2D eigenvalue weighted by Crippen LogP contribution is 2.34. The third-order valence-electron chi connectivity index (χ3n) is 6.15. The SMILES string of the molecule is COc1c(-c2ccccc2)oc2c(OC)cccc2c1=O.O=c1cc(-c2ccccc2)oc2cc(O)cc(O)c12. The zero-order valence-electron chi connectivity index (χ0n) is 21.6. The maximum Gasteiger partial charge on any atom is 0.235 e. The van der Waals surface area contributed by atoms with Crippen LogP contribution < -0.4 is 20.3 Å². The molecule has 0 atom stereocenters. The van der Waals surface area contributed by atoms with Crippen molar-refractivity contribution in [1.29, 1.82) is 0 Å². The van der Waals surface area contributed by atoms with Gasteiger partial charge in [0.05, 0.1) is 19.6 Å². The van der Waals surface area contributed by atoms with Gasteiger partial charge < -0.3 is 28.5 Å². The van der Waals surface area contributed by atoms with Gasteiger partial charge >= 0.3 is 0 Å². The predicted octanol–water partition coefficient (Wildman–Crippen LogP) is 6.35. The summed E-state index contributed by atoms with van der Waals surface area (Å²) in [7, 11) is 3.01. The molecule has 6 aromatic rings. The molecule has 0 saturated carbocycles. The van der Waals surface area contributed by atoms with Crippen molar-refractivity contribution in [2.24, 2.45) is 0 Å². The second-order valence-electron chi connectivity index (χ2n) is 8.68. The molecular formula is C32H24O8. The van der Waals surface area contributed by atoms with E-state index in [2.05, 4.69) is 0 Å². The number of benzene rings is 4. The molecule has 40 heavy (non-hydrogen) atoms. The lowest BCUT2D eigenvalue weighted by molar-refractivity contribution is 0.391. The van der Waals surface area contributed by atoms with Crippen LogP contribution in [0.3, 0.4) is 0 Å². The quantitative estimate of drug-likeness (QED) is 0.268. The summed E-state index contributed by atoms with van der Waals surface area (Å²) in [5, 5.41) is 19.6. The number of phenolic OH excluding ortho intramolecular Hbond substituents is 2. The van der Waals surface area contributed by atoms with Crippen molar-refractivity contribution in [2.75, 3.05) is 14.2 Å². The zero-order chi connectivity index (χ0) is 28.2. The number of phenols is 2. The van der Waals surface area contributed by atoms with Gasteiger partial charge in [0.1, 0.15) is 28.2 Å². The third kappa shape index (κ3) is 4.98. The van der Waals surface area contributed by atoms with E-state index in [1.54, 1.807) is 25.3 Å². The fourth-order valence-corrected chi connectivity index (χ4v) is 4.30. The summed E-state index contributed by atoms with van der Waals surface area (Å²) >= 11 is 0. The van der Waals surface area contributed by atoms with Gasteiger partial charge in [-0.25, -0.2) is 0 Å². The first-order chi connectivity index (χ1) is 19.4. The number of fused-ring (bicyclic) bond motifs is 2. The Hall–Kier alpha value is -5.50. The van der Waals surface area contributed by atoms with E-state index in [9.17, 15) is 19.8 Å². The van der Waals surface area contributed by atoms with Gasteiger partial charge in [-0.3, -0.25) is 9.59 Å². The van der Waals surface area contributed by atoms with Crippen LogP contribution in [0.1, 0.15) is 0 Å². The Balaban J connectivity index is 0.000000162. The second-order valence-corrected chi connectivity index (χ2v) is 8.68. The van der Waals surface area contributed by atoms with E-state index < -0.39 is 0 Å². The van der Waals surface area contributed by atoms with E-state index >= 15 is 0 Å². The molecule has 8 nitrogen and oxygen atoms in total. The van der Waals surface area contributed by atoms with Crippen molar-refractivity contribution < 1.29 is 28.5 Å². The second kappa shape index (κ2) is 11.1. The molecule has 8 heteroatoms. The van der Waals surface area contributed by atoms with Crippen LogP contribution in [0.5, 0.6) is 23.0 Å².